The average Bonchev–Trinajstić information content (AvgIpc) is 2.53. The Bertz CT molecular complexity index is 741. The Kier molecular flexibility index (Phi) is 3.37. The zero-order valence-electron chi connectivity index (χ0n) is 10.8. The summed E-state index contributed by atoms with van der Waals surface area (Å²) in [4.78, 5) is 20.3. The summed E-state index contributed by atoms with van der Waals surface area (Å²) in [5, 5.41) is 3.85. The van der Waals surface area contributed by atoms with Crippen molar-refractivity contribution in [3.05, 3.63) is 72.2 Å². The van der Waals surface area contributed by atoms with Crippen LogP contribution in [0, 0.1) is 0 Å². The zero-order chi connectivity index (χ0) is 13.8. The van der Waals surface area contributed by atoms with Crippen LogP contribution in [0.2, 0.25) is 0 Å². The molecule has 4 heteroatoms. The lowest BCUT2D eigenvalue weighted by Crippen LogP contribution is -2.22. The lowest BCUT2D eigenvalue weighted by molar-refractivity contribution is 0.0951. The summed E-state index contributed by atoms with van der Waals surface area (Å²) in [5.41, 5.74) is 2.55. The Balaban J connectivity index is 1.75. The Morgan fingerprint density at radius 1 is 1.05 bits per heavy atom. The number of benzene rings is 1. The molecular formula is C16H13N3O. The monoisotopic (exact) mass is 263 g/mol. The van der Waals surface area contributed by atoms with Crippen LogP contribution in [0.4, 0.5) is 0 Å². The van der Waals surface area contributed by atoms with Crippen LogP contribution in [0.5, 0.6) is 0 Å². The van der Waals surface area contributed by atoms with Crippen LogP contribution in [0.1, 0.15) is 15.9 Å². The molecule has 0 saturated heterocycles. The standard InChI is InChI=1S/C16H13N3O/c20-16(19-11-12-5-8-17-9-6-12)14-3-4-15-13(10-14)2-1-7-18-15/h1-10H,11H2,(H,19,20). The molecule has 0 spiro atoms. The van der Waals surface area contributed by atoms with Crippen molar-refractivity contribution in [3.8, 4) is 0 Å². The molecule has 0 saturated carbocycles. The third-order valence-electron chi connectivity index (χ3n) is 3.07. The molecule has 0 aliphatic carbocycles. The van der Waals surface area contributed by atoms with Gasteiger partial charge in [0.1, 0.15) is 0 Å². The van der Waals surface area contributed by atoms with E-state index in [2.05, 4.69) is 15.3 Å². The van der Waals surface area contributed by atoms with E-state index in [1.807, 2.05) is 36.4 Å². The number of carbonyl (C=O) groups is 1. The molecule has 98 valence electrons. The smallest absolute Gasteiger partial charge is 0.251 e. The number of hydrogen-bond acceptors (Lipinski definition) is 3. The van der Waals surface area contributed by atoms with E-state index in [0.717, 1.165) is 16.5 Å². The first-order valence-electron chi connectivity index (χ1n) is 6.35. The Labute approximate surface area is 116 Å². The topological polar surface area (TPSA) is 54.9 Å². The summed E-state index contributed by atoms with van der Waals surface area (Å²) in [5.74, 6) is -0.0902. The number of nitrogens with zero attached hydrogens (tertiary/aromatic N) is 2. The van der Waals surface area contributed by atoms with Gasteiger partial charge in [-0.1, -0.05) is 6.07 Å². The second-order valence-electron chi connectivity index (χ2n) is 4.45. The lowest BCUT2D eigenvalue weighted by Gasteiger charge is -2.06. The number of fused-ring (bicyclic) bond motifs is 1. The highest BCUT2D eigenvalue weighted by Crippen LogP contribution is 2.13. The van der Waals surface area contributed by atoms with Gasteiger partial charge in [0.05, 0.1) is 5.52 Å². The van der Waals surface area contributed by atoms with Gasteiger partial charge in [0, 0.05) is 36.1 Å². The molecule has 3 rings (SSSR count). The van der Waals surface area contributed by atoms with Gasteiger partial charge in [-0.15, -0.1) is 0 Å². The van der Waals surface area contributed by atoms with E-state index in [4.69, 9.17) is 0 Å². The van der Waals surface area contributed by atoms with Crippen molar-refractivity contribution in [1.29, 1.82) is 0 Å². The fourth-order valence-corrected chi connectivity index (χ4v) is 2.00. The molecule has 4 nitrogen and oxygen atoms in total. The third-order valence-corrected chi connectivity index (χ3v) is 3.07. The highest BCUT2D eigenvalue weighted by Gasteiger charge is 2.06. The molecular weight excluding hydrogens is 250 g/mol. The minimum atomic E-state index is -0.0902. The molecule has 0 fully saturated rings. The summed E-state index contributed by atoms with van der Waals surface area (Å²) in [6.45, 7) is 0.492. The van der Waals surface area contributed by atoms with Gasteiger partial charge < -0.3 is 5.32 Å². The number of amides is 1. The summed E-state index contributed by atoms with van der Waals surface area (Å²) in [6, 6.07) is 13.1. The number of pyridine rings is 2. The van der Waals surface area contributed by atoms with E-state index < -0.39 is 0 Å². The quantitative estimate of drug-likeness (QED) is 0.790. The van der Waals surface area contributed by atoms with E-state index in [1.54, 1.807) is 24.7 Å². The minimum absolute atomic E-state index is 0.0902. The normalized spacial score (nSPS) is 10.4. The molecule has 20 heavy (non-hydrogen) atoms. The summed E-state index contributed by atoms with van der Waals surface area (Å²) >= 11 is 0. The van der Waals surface area contributed by atoms with Crippen LogP contribution >= 0.6 is 0 Å². The molecule has 3 aromatic rings. The molecule has 0 atom stereocenters. The second-order valence-corrected chi connectivity index (χ2v) is 4.45. The van der Waals surface area contributed by atoms with Gasteiger partial charge in [-0.2, -0.15) is 0 Å². The maximum Gasteiger partial charge on any atom is 0.251 e. The van der Waals surface area contributed by atoms with E-state index in [-0.39, 0.29) is 5.91 Å². The highest BCUT2D eigenvalue weighted by molar-refractivity contribution is 5.97. The molecule has 2 heterocycles. The van der Waals surface area contributed by atoms with Crippen molar-refractivity contribution >= 4 is 16.8 Å². The fraction of sp³-hybridized carbons (Fsp3) is 0.0625. The van der Waals surface area contributed by atoms with Crippen molar-refractivity contribution in [2.75, 3.05) is 0 Å². The summed E-state index contributed by atoms with van der Waals surface area (Å²) in [6.07, 6.45) is 5.16. The molecule has 2 aromatic heterocycles. The molecule has 1 N–H and O–H groups in total. The first-order valence-corrected chi connectivity index (χ1v) is 6.35. The van der Waals surface area contributed by atoms with Gasteiger partial charge >= 0.3 is 0 Å². The van der Waals surface area contributed by atoms with Crippen LogP contribution in [0.25, 0.3) is 10.9 Å². The average molecular weight is 263 g/mol. The molecule has 0 aliphatic rings. The van der Waals surface area contributed by atoms with Gasteiger partial charge in [0.2, 0.25) is 0 Å². The molecule has 0 radical (unpaired) electrons. The third kappa shape index (κ3) is 2.64. The van der Waals surface area contributed by atoms with Gasteiger partial charge in [0.15, 0.2) is 0 Å². The molecule has 0 bridgehead atoms. The number of nitrogens with one attached hydrogen (secondary N) is 1. The summed E-state index contributed by atoms with van der Waals surface area (Å²) in [7, 11) is 0. The maximum absolute atomic E-state index is 12.1. The van der Waals surface area contributed by atoms with Crippen molar-refractivity contribution in [3.63, 3.8) is 0 Å². The van der Waals surface area contributed by atoms with Gasteiger partial charge in [0.25, 0.3) is 5.91 Å². The largest absolute Gasteiger partial charge is 0.348 e. The Hall–Kier alpha value is -2.75. The van der Waals surface area contributed by atoms with Crippen molar-refractivity contribution in [1.82, 2.24) is 15.3 Å². The minimum Gasteiger partial charge on any atom is -0.348 e. The van der Waals surface area contributed by atoms with E-state index >= 15 is 0 Å². The summed E-state index contributed by atoms with van der Waals surface area (Å²) < 4.78 is 0. The van der Waals surface area contributed by atoms with Crippen LogP contribution in [-0.4, -0.2) is 15.9 Å². The first kappa shape index (κ1) is 12.3. The van der Waals surface area contributed by atoms with Crippen molar-refractivity contribution in [2.45, 2.75) is 6.54 Å². The van der Waals surface area contributed by atoms with Gasteiger partial charge in [-0.25, -0.2) is 0 Å². The highest BCUT2D eigenvalue weighted by atomic mass is 16.1. The number of hydrogen-bond donors (Lipinski definition) is 1. The van der Waals surface area contributed by atoms with Crippen molar-refractivity contribution in [2.24, 2.45) is 0 Å². The maximum atomic E-state index is 12.1. The van der Waals surface area contributed by atoms with E-state index in [9.17, 15) is 4.79 Å². The van der Waals surface area contributed by atoms with Crippen LogP contribution in [-0.2, 0) is 6.54 Å². The lowest BCUT2D eigenvalue weighted by atomic mass is 10.1. The Morgan fingerprint density at radius 2 is 1.90 bits per heavy atom. The molecule has 1 aromatic carbocycles. The predicted molar refractivity (Wildman–Crippen MR) is 77.2 cm³/mol. The van der Waals surface area contributed by atoms with E-state index in [0.29, 0.717) is 12.1 Å². The fourth-order valence-electron chi connectivity index (χ4n) is 2.00. The number of rotatable bonds is 3. The second kappa shape index (κ2) is 5.48. The van der Waals surface area contributed by atoms with Crippen LogP contribution in [0.3, 0.4) is 0 Å². The SMILES string of the molecule is O=C(NCc1ccncc1)c1ccc2ncccc2c1. The molecule has 0 aliphatic heterocycles. The molecule has 0 unspecified atom stereocenters. The predicted octanol–water partition coefficient (Wildman–Crippen LogP) is 2.56. The zero-order valence-corrected chi connectivity index (χ0v) is 10.8. The number of carbonyl (C=O) groups excluding carboxylic acids is 1. The Morgan fingerprint density at radius 3 is 2.75 bits per heavy atom. The van der Waals surface area contributed by atoms with E-state index in [1.165, 1.54) is 0 Å². The van der Waals surface area contributed by atoms with Crippen LogP contribution in [0.15, 0.2) is 61.1 Å². The molecule has 1 amide bonds. The van der Waals surface area contributed by atoms with Gasteiger partial charge in [-0.3, -0.25) is 14.8 Å². The van der Waals surface area contributed by atoms with Gasteiger partial charge in [-0.05, 0) is 42.0 Å². The first-order chi connectivity index (χ1) is 9.83. The van der Waals surface area contributed by atoms with Crippen LogP contribution < -0.4 is 5.32 Å². The van der Waals surface area contributed by atoms with Crippen molar-refractivity contribution < 1.29 is 4.79 Å². The number of aromatic nitrogens is 2.